The van der Waals surface area contributed by atoms with Crippen LogP contribution in [0.2, 0.25) is 0 Å². The first-order chi connectivity index (χ1) is 9.63. The zero-order valence-corrected chi connectivity index (χ0v) is 13.4. The monoisotopic (exact) mass is 279 g/mol. The molecule has 0 aliphatic carbocycles. The second kappa shape index (κ2) is 7.25. The van der Waals surface area contributed by atoms with Crippen molar-refractivity contribution in [2.45, 2.75) is 45.8 Å². The summed E-state index contributed by atoms with van der Waals surface area (Å²) in [5.41, 5.74) is 1.28. The molecule has 1 aliphatic heterocycles. The van der Waals surface area contributed by atoms with Crippen LogP contribution >= 0.6 is 0 Å². The van der Waals surface area contributed by atoms with Crippen LogP contribution in [0, 0.1) is 6.92 Å². The van der Waals surface area contributed by atoms with Crippen molar-refractivity contribution in [3.63, 3.8) is 0 Å². The van der Waals surface area contributed by atoms with Crippen molar-refractivity contribution < 1.29 is 4.42 Å². The van der Waals surface area contributed by atoms with Crippen LogP contribution in [-0.2, 0) is 13.1 Å². The second-order valence-corrected chi connectivity index (χ2v) is 5.97. The van der Waals surface area contributed by atoms with Crippen molar-refractivity contribution in [2.24, 2.45) is 0 Å². The number of hydrogen-bond acceptors (Lipinski definition) is 4. The minimum atomic E-state index is 0.639. The first-order valence-electron chi connectivity index (χ1n) is 7.79. The number of nitrogens with zero attached hydrogens (tertiary/aromatic N) is 2. The van der Waals surface area contributed by atoms with Gasteiger partial charge in [-0.05, 0) is 46.5 Å². The Hall–Kier alpha value is -0.840. The topological polar surface area (TPSA) is 31.6 Å². The zero-order chi connectivity index (χ0) is 14.5. The van der Waals surface area contributed by atoms with Crippen LogP contribution in [0.3, 0.4) is 0 Å². The van der Waals surface area contributed by atoms with Gasteiger partial charge in [0.25, 0.3) is 0 Å². The van der Waals surface area contributed by atoms with Gasteiger partial charge in [-0.25, -0.2) is 0 Å². The van der Waals surface area contributed by atoms with Gasteiger partial charge in [-0.1, -0.05) is 6.92 Å². The molecule has 0 amide bonds. The summed E-state index contributed by atoms with van der Waals surface area (Å²) >= 11 is 0. The molecule has 20 heavy (non-hydrogen) atoms. The average Bonchev–Trinajstić information content (AvgIpc) is 2.65. The number of furan rings is 1. The predicted molar refractivity (Wildman–Crippen MR) is 82.8 cm³/mol. The van der Waals surface area contributed by atoms with E-state index in [1.165, 1.54) is 38.0 Å². The standard InChI is InChI=1S/C16H29N3O/c1-5-15-11-18(4)7-6-8-19(15)12-16-9-14(10-17-3)13(2)20-16/h9,15,17H,5-8,10-12H2,1-4H3. The van der Waals surface area contributed by atoms with E-state index in [1.54, 1.807) is 0 Å². The van der Waals surface area contributed by atoms with E-state index in [-0.39, 0.29) is 0 Å². The van der Waals surface area contributed by atoms with E-state index in [2.05, 4.69) is 42.1 Å². The van der Waals surface area contributed by atoms with Gasteiger partial charge in [0.05, 0.1) is 6.54 Å². The highest BCUT2D eigenvalue weighted by molar-refractivity contribution is 5.20. The smallest absolute Gasteiger partial charge is 0.118 e. The van der Waals surface area contributed by atoms with Gasteiger partial charge in [0, 0.05) is 31.2 Å². The minimum absolute atomic E-state index is 0.639. The summed E-state index contributed by atoms with van der Waals surface area (Å²) in [4.78, 5) is 5.04. The lowest BCUT2D eigenvalue weighted by Crippen LogP contribution is -2.39. The number of hydrogen-bond donors (Lipinski definition) is 1. The van der Waals surface area contributed by atoms with Crippen LogP contribution in [0.1, 0.15) is 36.8 Å². The van der Waals surface area contributed by atoms with Gasteiger partial charge in [-0.15, -0.1) is 0 Å². The van der Waals surface area contributed by atoms with Crippen LogP contribution < -0.4 is 5.32 Å². The normalized spacial score (nSPS) is 22.1. The first kappa shape index (κ1) is 15.5. The Morgan fingerprint density at radius 1 is 1.40 bits per heavy atom. The Morgan fingerprint density at radius 3 is 2.90 bits per heavy atom. The Kier molecular flexibility index (Phi) is 5.64. The summed E-state index contributed by atoms with van der Waals surface area (Å²) in [6.07, 6.45) is 2.45. The molecule has 1 aliphatic rings. The van der Waals surface area contributed by atoms with Gasteiger partial charge < -0.3 is 14.6 Å². The molecule has 0 spiro atoms. The van der Waals surface area contributed by atoms with Crippen molar-refractivity contribution >= 4 is 0 Å². The van der Waals surface area contributed by atoms with E-state index in [1.807, 2.05) is 7.05 Å². The van der Waals surface area contributed by atoms with Gasteiger partial charge in [-0.3, -0.25) is 4.90 Å². The zero-order valence-electron chi connectivity index (χ0n) is 13.4. The largest absolute Gasteiger partial charge is 0.465 e. The molecule has 1 unspecified atom stereocenters. The van der Waals surface area contributed by atoms with Crippen LogP contribution in [0.15, 0.2) is 10.5 Å². The van der Waals surface area contributed by atoms with Crippen LogP contribution in [0.25, 0.3) is 0 Å². The summed E-state index contributed by atoms with van der Waals surface area (Å²) < 4.78 is 5.94. The summed E-state index contributed by atoms with van der Waals surface area (Å²) in [7, 11) is 4.21. The molecule has 0 bridgehead atoms. The molecule has 1 atom stereocenters. The van der Waals surface area contributed by atoms with E-state index in [0.717, 1.165) is 24.6 Å². The number of rotatable bonds is 5. The van der Waals surface area contributed by atoms with Gasteiger partial charge in [0.1, 0.15) is 11.5 Å². The van der Waals surface area contributed by atoms with Crippen molar-refractivity contribution in [3.8, 4) is 0 Å². The maximum absolute atomic E-state index is 5.94. The number of likely N-dealkylation sites (N-methyl/N-ethyl adjacent to an activating group) is 1. The first-order valence-corrected chi connectivity index (χ1v) is 7.79. The molecule has 1 saturated heterocycles. The fraction of sp³-hybridized carbons (Fsp3) is 0.750. The van der Waals surface area contributed by atoms with Gasteiger partial charge in [0.15, 0.2) is 0 Å². The third kappa shape index (κ3) is 3.84. The fourth-order valence-corrected chi connectivity index (χ4v) is 3.12. The van der Waals surface area contributed by atoms with E-state index >= 15 is 0 Å². The lowest BCUT2D eigenvalue weighted by atomic mass is 10.1. The van der Waals surface area contributed by atoms with Gasteiger partial charge >= 0.3 is 0 Å². The minimum Gasteiger partial charge on any atom is -0.465 e. The molecule has 0 saturated carbocycles. The fourth-order valence-electron chi connectivity index (χ4n) is 3.12. The predicted octanol–water partition coefficient (Wildman–Crippen LogP) is 2.22. The molecule has 114 valence electrons. The van der Waals surface area contributed by atoms with Crippen molar-refractivity contribution in [1.29, 1.82) is 0 Å². The van der Waals surface area contributed by atoms with Crippen molar-refractivity contribution in [2.75, 3.05) is 33.7 Å². The van der Waals surface area contributed by atoms with Gasteiger partial charge in [0.2, 0.25) is 0 Å². The van der Waals surface area contributed by atoms with E-state index < -0.39 is 0 Å². The van der Waals surface area contributed by atoms with Crippen LogP contribution in [0.4, 0.5) is 0 Å². The maximum Gasteiger partial charge on any atom is 0.118 e. The van der Waals surface area contributed by atoms with Crippen molar-refractivity contribution in [3.05, 3.63) is 23.2 Å². The third-order valence-electron chi connectivity index (χ3n) is 4.29. The Balaban J connectivity index is 2.04. The van der Waals surface area contributed by atoms with Crippen molar-refractivity contribution in [1.82, 2.24) is 15.1 Å². The Morgan fingerprint density at radius 2 is 2.20 bits per heavy atom. The molecule has 0 aromatic carbocycles. The molecule has 2 heterocycles. The summed E-state index contributed by atoms with van der Waals surface area (Å²) in [6.45, 7) is 9.71. The Labute approximate surface area is 123 Å². The molecule has 0 radical (unpaired) electrons. The molecular weight excluding hydrogens is 250 g/mol. The third-order valence-corrected chi connectivity index (χ3v) is 4.29. The quantitative estimate of drug-likeness (QED) is 0.895. The number of aryl methyl sites for hydroxylation is 1. The molecule has 1 N–H and O–H groups in total. The summed E-state index contributed by atoms with van der Waals surface area (Å²) in [5, 5.41) is 3.20. The molecular formula is C16H29N3O. The lowest BCUT2D eigenvalue weighted by molar-refractivity contribution is 0.164. The highest BCUT2D eigenvalue weighted by Crippen LogP contribution is 2.20. The molecule has 4 nitrogen and oxygen atoms in total. The summed E-state index contributed by atoms with van der Waals surface area (Å²) in [5.74, 6) is 2.16. The van der Waals surface area contributed by atoms with E-state index in [4.69, 9.17) is 4.42 Å². The SMILES string of the molecule is CCC1CN(C)CCCN1Cc1cc(CNC)c(C)o1. The maximum atomic E-state index is 5.94. The van der Waals surface area contributed by atoms with Crippen LogP contribution in [0.5, 0.6) is 0 Å². The lowest BCUT2D eigenvalue weighted by Gasteiger charge is -2.29. The molecule has 4 heteroatoms. The highest BCUT2D eigenvalue weighted by atomic mass is 16.3. The Bertz CT molecular complexity index is 416. The molecule has 1 aromatic heterocycles. The van der Waals surface area contributed by atoms with Gasteiger partial charge in [-0.2, -0.15) is 0 Å². The number of nitrogens with one attached hydrogen (secondary N) is 1. The molecule has 2 rings (SSSR count). The van der Waals surface area contributed by atoms with E-state index in [0.29, 0.717) is 6.04 Å². The highest BCUT2D eigenvalue weighted by Gasteiger charge is 2.23. The van der Waals surface area contributed by atoms with E-state index in [9.17, 15) is 0 Å². The molecule has 1 aromatic rings. The van der Waals surface area contributed by atoms with Crippen LogP contribution in [-0.4, -0.2) is 49.6 Å². The second-order valence-electron chi connectivity index (χ2n) is 5.97. The molecule has 1 fully saturated rings. The average molecular weight is 279 g/mol. The summed E-state index contributed by atoms with van der Waals surface area (Å²) in [6, 6.07) is 2.85.